The van der Waals surface area contributed by atoms with Crippen LogP contribution in [-0.2, 0) is 0 Å². The number of carbonyl (C=O) groups is 1. The number of hydrogen-bond donors (Lipinski definition) is 2. The van der Waals surface area contributed by atoms with Gasteiger partial charge in [-0.2, -0.15) is 0 Å². The molecule has 1 aliphatic rings. The Morgan fingerprint density at radius 2 is 1.75 bits per heavy atom. The van der Waals surface area contributed by atoms with Crippen LogP contribution in [-0.4, -0.2) is 16.8 Å². The Labute approximate surface area is 186 Å². The van der Waals surface area contributed by atoms with Crippen LogP contribution >= 0.6 is 0 Å². The monoisotopic (exact) mass is 436 g/mol. The normalized spacial score (nSPS) is 19.2. The Kier molecular flexibility index (Phi) is 6.04. The van der Waals surface area contributed by atoms with Gasteiger partial charge in [-0.25, -0.2) is 14.6 Å². The molecule has 5 nitrogen and oxygen atoms in total. The van der Waals surface area contributed by atoms with E-state index in [-0.39, 0.29) is 18.1 Å². The lowest BCUT2D eigenvalue weighted by Crippen LogP contribution is -2.52. The van der Waals surface area contributed by atoms with E-state index < -0.39 is 29.6 Å². The van der Waals surface area contributed by atoms with Crippen molar-refractivity contribution in [3.63, 3.8) is 0 Å². The average molecular weight is 437 g/mol. The van der Waals surface area contributed by atoms with E-state index in [1.165, 1.54) is 12.1 Å². The summed E-state index contributed by atoms with van der Waals surface area (Å²) in [5, 5.41) is 1.55. The van der Waals surface area contributed by atoms with Gasteiger partial charge in [-0.15, -0.1) is 0 Å². The first-order valence-electron chi connectivity index (χ1n) is 10.6. The predicted octanol–water partition coefficient (Wildman–Crippen LogP) is 4.60. The number of para-hydroxylation sites is 1. The van der Waals surface area contributed by atoms with Gasteiger partial charge in [0.1, 0.15) is 11.6 Å². The summed E-state index contributed by atoms with van der Waals surface area (Å²) in [5.41, 5.74) is 9.44. The van der Waals surface area contributed by atoms with Gasteiger partial charge in [-0.3, -0.25) is 9.78 Å². The number of anilines is 1. The molecule has 0 saturated carbocycles. The number of carbonyl (C=O) groups excluding carboxylic acids is 1. The van der Waals surface area contributed by atoms with Gasteiger partial charge in [-0.05, 0) is 53.8 Å². The Bertz CT molecular complexity index is 1110. The number of nitrogens with two attached hydrogens (primary N) is 2. The van der Waals surface area contributed by atoms with E-state index in [4.69, 9.17) is 11.6 Å². The zero-order valence-electron chi connectivity index (χ0n) is 18.0. The maximum absolute atomic E-state index is 13.8. The van der Waals surface area contributed by atoms with Gasteiger partial charge < -0.3 is 10.7 Å². The highest BCUT2D eigenvalue weighted by Crippen LogP contribution is 2.40. The maximum atomic E-state index is 13.8. The molecule has 7 heteroatoms. The molecule has 0 fully saturated rings. The molecule has 4 rings (SSSR count). The van der Waals surface area contributed by atoms with Gasteiger partial charge >= 0.3 is 0 Å². The third kappa shape index (κ3) is 4.13. The first-order chi connectivity index (χ1) is 15.3. The molecule has 0 saturated heterocycles. The van der Waals surface area contributed by atoms with Gasteiger partial charge in [0, 0.05) is 29.6 Å². The number of pyridine rings is 1. The van der Waals surface area contributed by atoms with Crippen molar-refractivity contribution in [2.24, 2.45) is 11.6 Å². The number of nitrogens with zero attached hydrogens (tertiary/aromatic N) is 2. The SMILES string of the molecule is CC(C)c1ccc([C@@H]2C(=O)c3ccccc3N(N)C2C[C@H](N)c2cc(F)cc(F)c2)cn1. The van der Waals surface area contributed by atoms with Crippen LogP contribution in [0.4, 0.5) is 14.5 Å². The van der Waals surface area contributed by atoms with Gasteiger partial charge in [0.25, 0.3) is 0 Å². The van der Waals surface area contributed by atoms with Crippen molar-refractivity contribution >= 4 is 11.5 Å². The third-order valence-electron chi connectivity index (χ3n) is 6.04. The molecule has 1 unspecified atom stereocenters. The summed E-state index contributed by atoms with van der Waals surface area (Å²) in [5.74, 6) is 4.66. The fourth-order valence-corrected chi connectivity index (χ4v) is 4.34. The molecule has 0 amide bonds. The van der Waals surface area contributed by atoms with Crippen molar-refractivity contribution in [1.29, 1.82) is 0 Å². The zero-order valence-corrected chi connectivity index (χ0v) is 18.0. The molecule has 1 aromatic heterocycles. The minimum atomic E-state index is -0.722. The van der Waals surface area contributed by atoms with E-state index in [0.29, 0.717) is 16.8 Å². The Morgan fingerprint density at radius 1 is 1.06 bits per heavy atom. The van der Waals surface area contributed by atoms with Crippen LogP contribution < -0.4 is 16.6 Å². The van der Waals surface area contributed by atoms with E-state index in [1.54, 1.807) is 29.4 Å². The summed E-state index contributed by atoms with van der Waals surface area (Å²) < 4.78 is 27.5. The smallest absolute Gasteiger partial charge is 0.174 e. The van der Waals surface area contributed by atoms with Crippen LogP contribution in [0, 0.1) is 11.6 Å². The molecule has 1 aliphatic heterocycles. The third-order valence-corrected chi connectivity index (χ3v) is 6.04. The van der Waals surface area contributed by atoms with Crippen LogP contribution in [0.1, 0.15) is 65.3 Å². The number of hydrazine groups is 1. The largest absolute Gasteiger partial charge is 0.324 e. The fraction of sp³-hybridized carbons (Fsp3) is 0.280. The molecule has 0 aliphatic carbocycles. The van der Waals surface area contributed by atoms with E-state index in [1.807, 2.05) is 32.0 Å². The van der Waals surface area contributed by atoms with Gasteiger partial charge in [-0.1, -0.05) is 32.0 Å². The molecular formula is C25H26F2N4O. The summed E-state index contributed by atoms with van der Waals surface area (Å²) in [4.78, 5) is 18.1. The molecule has 3 atom stereocenters. The van der Waals surface area contributed by atoms with Gasteiger partial charge in [0.05, 0.1) is 17.6 Å². The van der Waals surface area contributed by atoms with E-state index in [0.717, 1.165) is 17.3 Å². The first-order valence-corrected chi connectivity index (χ1v) is 10.6. The standard InChI is InChI=1S/C25H26F2N4O/c1-14(2)21-8-7-15(13-30-21)24-23(12-20(28)16-9-17(26)11-18(27)10-16)31(29)22-6-4-3-5-19(22)25(24)32/h3-11,13-14,20,23-24H,12,28-29H2,1-2H3/t20-,23?,24-/m0/s1. The van der Waals surface area contributed by atoms with Crippen molar-refractivity contribution in [3.8, 4) is 0 Å². The van der Waals surface area contributed by atoms with Gasteiger partial charge in [0.15, 0.2) is 5.78 Å². The summed E-state index contributed by atoms with van der Waals surface area (Å²) in [6.45, 7) is 4.09. The van der Waals surface area contributed by atoms with Crippen LogP contribution in [0.2, 0.25) is 0 Å². The molecule has 2 heterocycles. The van der Waals surface area contributed by atoms with Crippen LogP contribution in [0.5, 0.6) is 0 Å². The number of benzene rings is 2. The fourth-order valence-electron chi connectivity index (χ4n) is 4.34. The van der Waals surface area contributed by atoms with Crippen LogP contribution in [0.15, 0.2) is 60.8 Å². The molecule has 166 valence electrons. The predicted molar refractivity (Wildman–Crippen MR) is 120 cm³/mol. The second kappa shape index (κ2) is 8.76. The highest BCUT2D eigenvalue weighted by atomic mass is 19.1. The number of halogens is 2. The van der Waals surface area contributed by atoms with Gasteiger partial charge in [0.2, 0.25) is 0 Å². The first kappa shape index (κ1) is 22.0. The molecule has 4 N–H and O–H groups in total. The summed E-state index contributed by atoms with van der Waals surface area (Å²) in [6.07, 6.45) is 1.93. The highest BCUT2D eigenvalue weighted by Gasteiger charge is 2.41. The second-order valence-electron chi connectivity index (χ2n) is 8.55. The molecule has 0 spiro atoms. The van der Waals surface area contributed by atoms with E-state index in [9.17, 15) is 13.6 Å². The number of ketones is 1. The number of Topliss-reactive ketones (excluding diaryl/α,β-unsaturated/α-hetero) is 1. The van der Waals surface area contributed by atoms with Crippen molar-refractivity contribution in [3.05, 3.63) is 94.8 Å². The minimum Gasteiger partial charge on any atom is -0.324 e. The Balaban J connectivity index is 1.74. The summed E-state index contributed by atoms with van der Waals surface area (Å²) in [6, 6.07) is 12.9. The van der Waals surface area contributed by atoms with Crippen molar-refractivity contribution < 1.29 is 13.6 Å². The highest BCUT2D eigenvalue weighted by molar-refractivity contribution is 6.08. The minimum absolute atomic E-state index is 0.0796. The van der Waals surface area contributed by atoms with E-state index >= 15 is 0 Å². The number of fused-ring (bicyclic) bond motifs is 1. The van der Waals surface area contributed by atoms with Crippen LogP contribution in [0.25, 0.3) is 0 Å². The zero-order chi connectivity index (χ0) is 23.0. The molecule has 32 heavy (non-hydrogen) atoms. The topological polar surface area (TPSA) is 85.2 Å². The summed E-state index contributed by atoms with van der Waals surface area (Å²) in [7, 11) is 0. The quantitative estimate of drug-likeness (QED) is 0.571. The lowest BCUT2D eigenvalue weighted by Gasteiger charge is -2.41. The number of hydrogen-bond acceptors (Lipinski definition) is 5. The molecular weight excluding hydrogens is 410 g/mol. The molecule has 3 aromatic rings. The Morgan fingerprint density at radius 3 is 2.38 bits per heavy atom. The van der Waals surface area contributed by atoms with Crippen molar-refractivity contribution in [2.45, 2.75) is 44.2 Å². The lowest BCUT2D eigenvalue weighted by molar-refractivity contribution is 0.0932. The number of rotatable bonds is 5. The lowest BCUT2D eigenvalue weighted by atomic mass is 9.78. The molecule has 0 bridgehead atoms. The van der Waals surface area contributed by atoms with Crippen molar-refractivity contribution in [1.82, 2.24) is 4.98 Å². The van der Waals surface area contributed by atoms with Crippen molar-refractivity contribution in [2.75, 3.05) is 5.01 Å². The van der Waals surface area contributed by atoms with E-state index in [2.05, 4.69) is 4.98 Å². The number of aromatic nitrogens is 1. The maximum Gasteiger partial charge on any atom is 0.174 e. The van der Waals surface area contributed by atoms with Crippen LogP contribution in [0.3, 0.4) is 0 Å². The average Bonchev–Trinajstić information content (AvgIpc) is 2.77. The molecule has 0 radical (unpaired) electrons. The molecule has 2 aromatic carbocycles. The Hall–Kier alpha value is -3.16. The summed E-state index contributed by atoms with van der Waals surface area (Å²) >= 11 is 0. The second-order valence-corrected chi connectivity index (χ2v) is 8.55.